The zero-order valence-electron chi connectivity index (χ0n) is 13.3. The van der Waals surface area contributed by atoms with Crippen molar-refractivity contribution < 1.29 is 14.3 Å². The first-order valence-corrected chi connectivity index (χ1v) is 8.13. The molecule has 6 nitrogen and oxygen atoms in total. The van der Waals surface area contributed by atoms with Crippen LogP contribution in [-0.4, -0.2) is 54.6 Å². The second kappa shape index (κ2) is 7.10. The van der Waals surface area contributed by atoms with Gasteiger partial charge >= 0.3 is 0 Å². The highest BCUT2D eigenvalue weighted by atomic mass is 16.5. The summed E-state index contributed by atoms with van der Waals surface area (Å²) in [5.74, 6) is -0.163. The molecule has 6 heteroatoms. The number of likely N-dealkylation sites (tertiary alicyclic amines) is 1. The van der Waals surface area contributed by atoms with Gasteiger partial charge in [-0.1, -0.05) is 30.3 Å². The van der Waals surface area contributed by atoms with Gasteiger partial charge in [0.1, 0.15) is 12.1 Å². The minimum Gasteiger partial charge on any atom is -0.375 e. The third-order valence-corrected chi connectivity index (χ3v) is 4.43. The summed E-state index contributed by atoms with van der Waals surface area (Å²) in [6, 6.07) is 9.07. The van der Waals surface area contributed by atoms with E-state index in [4.69, 9.17) is 4.74 Å². The third-order valence-electron chi connectivity index (χ3n) is 4.43. The molecule has 0 spiro atoms. The first kappa shape index (κ1) is 16.0. The number of carbonyl (C=O) groups is 2. The fraction of sp³-hybridized carbons (Fsp3) is 0.529. The SMILES string of the molecule is C[C@H]1OCCN[C@@H]1C(=O)NC1CCN(Cc2ccccc2)C1=O. The standard InChI is InChI=1S/C17H23N3O3/c1-12-15(18-8-10-23-12)16(21)19-14-7-9-20(17(14)22)11-13-5-3-2-4-6-13/h2-6,12,14-15,18H,7-11H2,1H3,(H,19,21)/t12-,14?,15+/m1/s1. The molecule has 0 bridgehead atoms. The monoisotopic (exact) mass is 317 g/mol. The molecular formula is C17H23N3O3. The van der Waals surface area contributed by atoms with Gasteiger partial charge in [-0.2, -0.15) is 0 Å². The summed E-state index contributed by atoms with van der Waals surface area (Å²) in [5.41, 5.74) is 1.10. The average Bonchev–Trinajstić information content (AvgIpc) is 2.89. The van der Waals surface area contributed by atoms with Gasteiger partial charge in [-0.15, -0.1) is 0 Å². The molecule has 0 aliphatic carbocycles. The van der Waals surface area contributed by atoms with Crippen molar-refractivity contribution in [1.82, 2.24) is 15.5 Å². The number of benzene rings is 1. The van der Waals surface area contributed by atoms with Crippen LogP contribution in [0.1, 0.15) is 18.9 Å². The van der Waals surface area contributed by atoms with Crippen LogP contribution < -0.4 is 10.6 Å². The van der Waals surface area contributed by atoms with E-state index in [2.05, 4.69) is 10.6 Å². The van der Waals surface area contributed by atoms with Crippen LogP contribution in [-0.2, 0) is 20.9 Å². The molecule has 3 rings (SSSR count). The maximum atomic E-state index is 12.5. The largest absolute Gasteiger partial charge is 0.375 e. The lowest BCUT2D eigenvalue weighted by Crippen LogP contribution is -2.57. The Labute approximate surface area is 136 Å². The van der Waals surface area contributed by atoms with Gasteiger partial charge in [0.25, 0.3) is 0 Å². The molecule has 0 aromatic heterocycles. The van der Waals surface area contributed by atoms with Gasteiger partial charge in [-0.25, -0.2) is 0 Å². The van der Waals surface area contributed by atoms with E-state index in [1.165, 1.54) is 0 Å². The number of ether oxygens (including phenoxy) is 1. The van der Waals surface area contributed by atoms with Gasteiger partial charge < -0.3 is 20.3 Å². The second-order valence-corrected chi connectivity index (χ2v) is 6.10. The van der Waals surface area contributed by atoms with Gasteiger partial charge in [-0.3, -0.25) is 9.59 Å². The Morgan fingerprint density at radius 1 is 1.39 bits per heavy atom. The number of hydrogen-bond acceptors (Lipinski definition) is 4. The predicted molar refractivity (Wildman–Crippen MR) is 85.6 cm³/mol. The minimum absolute atomic E-state index is 0.00779. The van der Waals surface area contributed by atoms with Crippen molar-refractivity contribution in [3.05, 3.63) is 35.9 Å². The Kier molecular flexibility index (Phi) is 4.93. The molecule has 2 saturated heterocycles. The summed E-state index contributed by atoms with van der Waals surface area (Å²) >= 11 is 0. The van der Waals surface area contributed by atoms with Crippen molar-refractivity contribution in [2.24, 2.45) is 0 Å². The quantitative estimate of drug-likeness (QED) is 0.837. The Morgan fingerprint density at radius 2 is 2.17 bits per heavy atom. The highest BCUT2D eigenvalue weighted by Gasteiger charge is 2.36. The smallest absolute Gasteiger partial charge is 0.245 e. The molecule has 2 N–H and O–H groups in total. The summed E-state index contributed by atoms with van der Waals surface area (Å²) in [6.45, 7) is 4.39. The number of rotatable bonds is 4. The lowest BCUT2D eigenvalue weighted by Gasteiger charge is -2.30. The number of carbonyl (C=O) groups excluding carboxylic acids is 2. The van der Waals surface area contributed by atoms with Crippen LogP contribution in [0.4, 0.5) is 0 Å². The van der Waals surface area contributed by atoms with Crippen LogP contribution in [0.5, 0.6) is 0 Å². The summed E-state index contributed by atoms with van der Waals surface area (Å²) < 4.78 is 5.48. The van der Waals surface area contributed by atoms with Crippen LogP contribution in [0.3, 0.4) is 0 Å². The van der Waals surface area contributed by atoms with Crippen molar-refractivity contribution in [2.45, 2.75) is 38.1 Å². The lowest BCUT2D eigenvalue weighted by atomic mass is 10.1. The average molecular weight is 317 g/mol. The minimum atomic E-state index is -0.429. The van der Waals surface area contributed by atoms with Crippen molar-refractivity contribution in [2.75, 3.05) is 19.7 Å². The maximum absolute atomic E-state index is 12.5. The highest BCUT2D eigenvalue weighted by Crippen LogP contribution is 2.16. The molecule has 1 aromatic rings. The molecule has 2 aliphatic rings. The van der Waals surface area contributed by atoms with E-state index >= 15 is 0 Å². The van der Waals surface area contributed by atoms with E-state index in [0.717, 1.165) is 5.56 Å². The second-order valence-electron chi connectivity index (χ2n) is 6.10. The molecular weight excluding hydrogens is 294 g/mol. The predicted octanol–water partition coefficient (Wildman–Crippen LogP) is 0.281. The third kappa shape index (κ3) is 3.71. The van der Waals surface area contributed by atoms with Crippen molar-refractivity contribution in [3.63, 3.8) is 0 Å². The fourth-order valence-electron chi connectivity index (χ4n) is 3.12. The van der Waals surface area contributed by atoms with Crippen LogP contribution in [0.25, 0.3) is 0 Å². The first-order valence-electron chi connectivity index (χ1n) is 8.13. The van der Waals surface area contributed by atoms with E-state index in [1.807, 2.05) is 37.3 Å². The molecule has 2 amide bonds. The fourth-order valence-corrected chi connectivity index (χ4v) is 3.12. The van der Waals surface area contributed by atoms with Gasteiger partial charge in [0.15, 0.2) is 0 Å². The van der Waals surface area contributed by atoms with Gasteiger partial charge in [0.05, 0.1) is 12.7 Å². The van der Waals surface area contributed by atoms with Gasteiger partial charge in [-0.05, 0) is 18.9 Å². The summed E-state index contributed by atoms with van der Waals surface area (Å²) in [6.07, 6.45) is 0.472. The Hall–Kier alpha value is -1.92. The Balaban J connectivity index is 1.55. The zero-order valence-corrected chi connectivity index (χ0v) is 13.3. The van der Waals surface area contributed by atoms with Crippen molar-refractivity contribution >= 4 is 11.8 Å². The van der Waals surface area contributed by atoms with Crippen LogP contribution >= 0.6 is 0 Å². The number of nitrogens with zero attached hydrogens (tertiary/aromatic N) is 1. The van der Waals surface area contributed by atoms with Gasteiger partial charge in [0.2, 0.25) is 11.8 Å². The zero-order chi connectivity index (χ0) is 16.2. The molecule has 1 unspecified atom stereocenters. The van der Waals surface area contributed by atoms with Crippen LogP contribution in [0.2, 0.25) is 0 Å². The number of hydrogen-bond donors (Lipinski definition) is 2. The van der Waals surface area contributed by atoms with E-state index in [1.54, 1.807) is 4.90 Å². The number of amides is 2. The van der Waals surface area contributed by atoms with Crippen molar-refractivity contribution in [1.29, 1.82) is 0 Å². The molecule has 2 fully saturated rings. The van der Waals surface area contributed by atoms with E-state index in [0.29, 0.717) is 32.7 Å². The normalized spacial score (nSPS) is 28.0. The van der Waals surface area contributed by atoms with Crippen molar-refractivity contribution in [3.8, 4) is 0 Å². The molecule has 23 heavy (non-hydrogen) atoms. The van der Waals surface area contributed by atoms with Gasteiger partial charge in [0, 0.05) is 19.6 Å². The molecule has 124 valence electrons. The molecule has 2 aliphatic heterocycles. The Morgan fingerprint density at radius 3 is 2.91 bits per heavy atom. The van der Waals surface area contributed by atoms with Crippen LogP contribution in [0, 0.1) is 0 Å². The van der Waals surface area contributed by atoms with E-state index in [9.17, 15) is 9.59 Å². The van der Waals surface area contributed by atoms with Crippen LogP contribution in [0.15, 0.2) is 30.3 Å². The molecule has 2 heterocycles. The molecule has 0 saturated carbocycles. The summed E-state index contributed by atoms with van der Waals surface area (Å²) in [7, 11) is 0. The number of morpholine rings is 1. The summed E-state index contributed by atoms with van der Waals surface area (Å²) in [5, 5.41) is 6.02. The molecule has 0 radical (unpaired) electrons. The number of nitrogens with one attached hydrogen (secondary N) is 2. The molecule has 3 atom stereocenters. The highest BCUT2D eigenvalue weighted by molar-refractivity contribution is 5.91. The topological polar surface area (TPSA) is 70.7 Å². The van der Waals surface area contributed by atoms with E-state index < -0.39 is 6.04 Å². The summed E-state index contributed by atoms with van der Waals surface area (Å²) in [4.78, 5) is 26.6. The lowest BCUT2D eigenvalue weighted by molar-refractivity contribution is -0.135. The van der Waals surface area contributed by atoms with E-state index in [-0.39, 0.29) is 24.0 Å². The molecule has 1 aromatic carbocycles. The maximum Gasteiger partial charge on any atom is 0.245 e. The Bertz CT molecular complexity index is 563. The first-order chi connectivity index (χ1) is 11.1.